The molecule has 0 radical (unpaired) electrons. The van der Waals surface area contributed by atoms with E-state index in [1.807, 2.05) is 7.05 Å². The number of nitrogens with one attached hydrogen (secondary N) is 1. The number of benzene rings is 1. The number of hydrogen-bond donors (Lipinski definition) is 1. The van der Waals surface area contributed by atoms with Gasteiger partial charge in [0.15, 0.2) is 5.96 Å². The Morgan fingerprint density at radius 3 is 2.46 bits per heavy atom. The third kappa shape index (κ3) is 5.29. The predicted molar refractivity (Wildman–Crippen MR) is 120 cm³/mol. The van der Waals surface area contributed by atoms with Crippen LogP contribution in [0, 0.1) is 6.92 Å². The predicted octanol–water partition coefficient (Wildman–Crippen LogP) is 2.92. The number of hydrogen-bond acceptors (Lipinski definition) is 5. The van der Waals surface area contributed by atoms with Gasteiger partial charge in [0.2, 0.25) is 5.13 Å². The fourth-order valence-corrected chi connectivity index (χ4v) is 3.65. The molecule has 142 valence electrons. The minimum atomic E-state index is 0. The molecule has 0 aliphatic carbocycles. The first-order valence-corrected chi connectivity index (χ1v) is 9.55. The Hall–Kier alpha value is -1.42. The molecule has 0 atom stereocenters. The van der Waals surface area contributed by atoms with E-state index in [1.165, 1.54) is 22.7 Å². The molecular formula is C18H27IN6S. The van der Waals surface area contributed by atoms with E-state index in [4.69, 9.17) is 0 Å². The van der Waals surface area contributed by atoms with Crippen molar-refractivity contribution >= 4 is 46.6 Å². The van der Waals surface area contributed by atoms with Gasteiger partial charge in [-0.15, -0.1) is 24.0 Å². The second-order valence-electron chi connectivity index (χ2n) is 6.21. The fraction of sp³-hybridized carbons (Fsp3) is 0.500. The number of aryl methyl sites for hydroxylation is 2. The van der Waals surface area contributed by atoms with Crippen molar-refractivity contribution in [3.8, 4) is 0 Å². The molecule has 8 heteroatoms. The van der Waals surface area contributed by atoms with Gasteiger partial charge in [0.05, 0.1) is 0 Å². The molecule has 2 aromatic rings. The van der Waals surface area contributed by atoms with Gasteiger partial charge in [-0.05, 0) is 12.5 Å². The Kier molecular flexibility index (Phi) is 8.08. The maximum atomic E-state index is 4.59. The largest absolute Gasteiger partial charge is 0.352 e. The van der Waals surface area contributed by atoms with E-state index in [1.54, 1.807) is 0 Å². The van der Waals surface area contributed by atoms with Crippen molar-refractivity contribution in [1.29, 1.82) is 0 Å². The van der Waals surface area contributed by atoms with Crippen molar-refractivity contribution in [3.63, 3.8) is 0 Å². The van der Waals surface area contributed by atoms with E-state index in [9.17, 15) is 0 Å². The van der Waals surface area contributed by atoms with Crippen molar-refractivity contribution < 1.29 is 0 Å². The molecule has 6 nitrogen and oxygen atoms in total. The zero-order valence-corrected chi connectivity index (χ0v) is 18.8. The van der Waals surface area contributed by atoms with Crippen LogP contribution in [0.2, 0.25) is 0 Å². The lowest BCUT2D eigenvalue weighted by Gasteiger charge is -2.36. The van der Waals surface area contributed by atoms with Crippen molar-refractivity contribution in [2.75, 3.05) is 38.1 Å². The Bertz CT molecular complexity index is 707. The second kappa shape index (κ2) is 10.1. The highest BCUT2D eigenvalue weighted by molar-refractivity contribution is 14.0. The monoisotopic (exact) mass is 486 g/mol. The summed E-state index contributed by atoms with van der Waals surface area (Å²) in [5, 5.41) is 4.52. The summed E-state index contributed by atoms with van der Waals surface area (Å²) in [6.45, 7) is 8.77. The maximum Gasteiger partial charge on any atom is 0.205 e. The minimum absolute atomic E-state index is 0. The zero-order valence-electron chi connectivity index (χ0n) is 15.6. The highest BCUT2D eigenvalue weighted by Gasteiger charge is 2.21. The van der Waals surface area contributed by atoms with Gasteiger partial charge in [0.1, 0.15) is 5.82 Å². The molecule has 3 rings (SSSR count). The average Bonchev–Trinajstić information content (AvgIpc) is 3.13. The SMILES string of the molecule is CCc1nsc(N2CCN(C(=NC)NCc3ccc(C)cc3)CC2)n1.I. The first-order valence-electron chi connectivity index (χ1n) is 8.78. The molecule has 0 unspecified atom stereocenters. The molecule has 26 heavy (non-hydrogen) atoms. The normalized spacial score (nSPS) is 15.0. The van der Waals surface area contributed by atoms with Gasteiger partial charge < -0.3 is 15.1 Å². The molecule has 1 fully saturated rings. The minimum Gasteiger partial charge on any atom is -0.352 e. The summed E-state index contributed by atoms with van der Waals surface area (Å²) in [5.74, 6) is 1.91. The van der Waals surface area contributed by atoms with Crippen molar-refractivity contribution in [2.24, 2.45) is 4.99 Å². The fourth-order valence-electron chi connectivity index (χ4n) is 2.85. The second-order valence-corrected chi connectivity index (χ2v) is 6.94. The van der Waals surface area contributed by atoms with Crippen LogP contribution >= 0.6 is 35.5 Å². The van der Waals surface area contributed by atoms with Crippen LogP contribution in [0.5, 0.6) is 0 Å². The standard InChI is InChI=1S/C18H26N6S.HI/c1-4-16-21-18(25-22-16)24-11-9-23(10-12-24)17(19-3)20-13-15-7-5-14(2)6-8-15;/h5-8H,4,9-13H2,1-3H3,(H,19,20);1H. The molecule has 1 aliphatic heterocycles. The third-order valence-corrected chi connectivity index (χ3v) is 5.22. The van der Waals surface area contributed by atoms with Crippen molar-refractivity contribution in [3.05, 3.63) is 41.2 Å². The van der Waals surface area contributed by atoms with Crippen LogP contribution in [-0.2, 0) is 13.0 Å². The molecule has 1 saturated heterocycles. The lowest BCUT2D eigenvalue weighted by molar-refractivity contribution is 0.372. The average molecular weight is 486 g/mol. The number of piperazine rings is 1. The molecule has 2 heterocycles. The Morgan fingerprint density at radius 2 is 1.88 bits per heavy atom. The van der Waals surface area contributed by atoms with E-state index in [0.29, 0.717) is 0 Å². The van der Waals surface area contributed by atoms with Gasteiger partial charge in [0, 0.05) is 57.7 Å². The van der Waals surface area contributed by atoms with Gasteiger partial charge in [-0.3, -0.25) is 4.99 Å². The molecule has 0 saturated carbocycles. The van der Waals surface area contributed by atoms with E-state index in [0.717, 1.165) is 56.1 Å². The molecule has 0 bridgehead atoms. The van der Waals surface area contributed by atoms with Crippen LogP contribution in [0.15, 0.2) is 29.3 Å². The van der Waals surface area contributed by atoms with Gasteiger partial charge in [-0.25, -0.2) is 4.98 Å². The Balaban J connectivity index is 0.00000243. The van der Waals surface area contributed by atoms with Crippen LogP contribution in [0.1, 0.15) is 23.9 Å². The van der Waals surface area contributed by atoms with Gasteiger partial charge in [-0.1, -0.05) is 36.8 Å². The van der Waals surface area contributed by atoms with E-state index in [-0.39, 0.29) is 24.0 Å². The lowest BCUT2D eigenvalue weighted by Crippen LogP contribution is -2.52. The summed E-state index contributed by atoms with van der Waals surface area (Å²) in [5.41, 5.74) is 2.55. The molecule has 1 N–H and O–H groups in total. The quantitative estimate of drug-likeness (QED) is 0.409. The summed E-state index contributed by atoms with van der Waals surface area (Å²) in [6.07, 6.45) is 0.895. The van der Waals surface area contributed by atoms with Crippen LogP contribution in [0.3, 0.4) is 0 Å². The number of anilines is 1. The molecule has 1 aromatic carbocycles. The number of rotatable bonds is 4. The van der Waals surface area contributed by atoms with Crippen LogP contribution in [-0.4, -0.2) is 53.4 Å². The highest BCUT2D eigenvalue weighted by Crippen LogP contribution is 2.19. The third-order valence-electron chi connectivity index (χ3n) is 4.41. The van der Waals surface area contributed by atoms with Gasteiger partial charge in [-0.2, -0.15) is 4.37 Å². The molecule has 1 aromatic heterocycles. The number of halogens is 1. The maximum absolute atomic E-state index is 4.59. The molecule has 0 amide bonds. The van der Waals surface area contributed by atoms with E-state index >= 15 is 0 Å². The van der Waals surface area contributed by atoms with Crippen molar-refractivity contribution in [1.82, 2.24) is 19.6 Å². The molecule has 1 aliphatic rings. The summed E-state index contributed by atoms with van der Waals surface area (Å²) in [6, 6.07) is 8.61. The lowest BCUT2D eigenvalue weighted by atomic mass is 10.1. The van der Waals surface area contributed by atoms with Crippen LogP contribution in [0.4, 0.5) is 5.13 Å². The summed E-state index contributed by atoms with van der Waals surface area (Å²) < 4.78 is 4.39. The number of nitrogens with zero attached hydrogens (tertiary/aromatic N) is 5. The van der Waals surface area contributed by atoms with Crippen LogP contribution in [0.25, 0.3) is 0 Å². The first-order chi connectivity index (χ1) is 12.2. The molecule has 0 spiro atoms. The first kappa shape index (κ1) is 20.9. The molecular weight excluding hydrogens is 459 g/mol. The Labute approximate surface area is 176 Å². The zero-order chi connectivity index (χ0) is 17.6. The number of aromatic nitrogens is 2. The Morgan fingerprint density at radius 1 is 1.19 bits per heavy atom. The smallest absolute Gasteiger partial charge is 0.205 e. The number of guanidine groups is 1. The number of aliphatic imine (C=N–C) groups is 1. The topological polar surface area (TPSA) is 56.7 Å². The van der Waals surface area contributed by atoms with Gasteiger partial charge in [0.25, 0.3) is 0 Å². The summed E-state index contributed by atoms with van der Waals surface area (Å²) >= 11 is 1.51. The van der Waals surface area contributed by atoms with Crippen LogP contribution < -0.4 is 10.2 Å². The highest BCUT2D eigenvalue weighted by atomic mass is 127. The van der Waals surface area contributed by atoms with E-state index < -0.39 is 0 Å². The van der Waals surface area contributed by atoms with Gasteiger partial charge >= 0.3 is 0 Å². The summed E-state index contributed by atoms with van der Waals surface area (Å²) in [7, 11) is 1.85. The summed E-state index contributed by atoms with van der Waals surface area (Å²) in [4.78, 5) is 13.7. The van der Waals surface area contributed by atoms with E-state index in [2.05, 4.69) is 67.6 Å². The van der Waals surface area contributed by atoms with Crippen molar-refractivity contribution in [2.45, 2.75) is 26.8 Å².